The summed E-state index contributed by atoms with van der Waals surface area (Å²) in [5, 5.41) is 2.68. The molecule has 1 N–H and O–H groups in total. The van der Waals surface area contributed by atoms with Gasteiger partial charge in [0.1, 0.15) is 6.10 Å². The first-order valence-electron chi connectivity index (χ1n) is 8.51. The van der Waals surface area contributed by atoms with Crippen LogP contribution in [0.2, 0.25) is 0 Å². The minimum atomic E-state index is -0.239. The maximum absolute atomic E-state index is 12.3. The molecular formula is C19H20BrN3O3. The number of hydrogen-bond acceptors (Lipinski definition) is 4. The number of nitrogens with one attached hydrogen (secondary N) is 1. The molecule has 1 saturated heterocycles. The lowest BCUT2D eigenvalue weighted by Gasteiger charge is -2.32. The molecule has 1 aromatic carbocycles. The number of aromatic nitrogens is 1. The number of nitrogens with zero attached hydrogens (tertiary/aromatic N) is 2. The van der Waals surface area contributed by atoms with Gasteiger partial charge in [0.25, 0.3) is 5.91 Å². The zero-order chi connectivity index (χ0) is 18.4. The van der Waals surface area contributed by atoms with E-state index in [1.54, 1.807) is 35.4 Å². The Kier molecular flexibility index (Phi) is 6.22. The van der Waals surface area contributed by atoms with Crippen molar-refractivity contribution in [3.8, 4) is 5.88 Å². The number of halogens is 1. The average Bonchev–Trinajstić information content (AvgIpc) is 2.69. The molecule has 2 heterocycles. The molecule has 0 saturated carbocycles. The van der Waals surface area contributed by atoms with Crippen LogP contribution in [0.3, 0.4) is 0 Å². The number of piperidine rings is 1. The number of pyridine rings is 1. The van der Waals surface area contributed by atoms with E-state index in [9.17, 15) is 9.59 Å². The quantitative estimate of drug-likeness (QED) is 0.811. The van der Waals surface area contributed by atoms with Crippen molar-refractivity contribution in [1.82, 2.24) is 15.2 Å². The third-order valence-corrected chi connectivity index (χ3v) is 4.84. The SMILES string of the molecule is O=C(NCC(=O)N1CCC(Oc2ncccc2Br)CC1)c1ccccc1. The van der Waals surface area contributed by atoms with Crippen molar-refractivity contribution in [2.75, 3.05) is 19.6 Å². The van der Waals surface area contributed by atoms with Gasteiger partial charge in [-0.1, -0.05) is 18.2 Å². The van der Waals surface area contributed by atoms with E-state index in [1.807, 2.05) is 18.2 Å². The van der Waals surface area contributed by atoms with Crippen LogP contribution in [0.25, 0.3) is 0 Å². The molecule has 1 aliphatic heterocycles. The van der Waals surface area contributed by atoms with Crippen LogP contribution in [0.5, 0.6) is 5.88 Å². The molecule has 0 bridgehead atoms. The molecule has 1 aromatic heterocycles. The Labute approximate surface area is 160 Å². The summed E-state index contributed by atoms with van der Waals surface area (Å²) in [7, 11) is 0. The molecular weight excluding hydrogens is 398 g/mol. The molecule has 6 nitrogen and oxygen atoms in total. The van der Waals surface area contributed by atoms with E-state index in [0.717, 1.165) is 17.3 Å². The van der Waals surface area contributed by atoms with Crippen LogP contribution in [0.15, 0.2) is 53.1 Å². The van der Waals surface area contributed by atoms with Crippen molar-refractivity contribution in [3.63, 3.8) is 0 Å². The van der Waals surface area contributed by atoms with E-state index in [0.29, 0.717) is 24.5 Å². The van der Waals surface area contributed by atoms with E-state index >= 15 is 0 Å². The lowest BCUT2D eigenvalue weighted by molar-refractivity contribution is -0.131. The van der Waals surface area contributed by atoms with Gasteiger partial charge in [-0.2, -0.15) is 0 Å². The van der Waals surface area contributed by atoms with Crippen LogP contribution in [-0.4, -0.2) is 47.4 Å². The van der Waals surface area contributed by atoms with Gasteiger partial charge < -0.3 is 15.0 Å². The molecule has 7 heteroatoms. The van der Waals surface area contributed by atoms with Gasteiger partial charge in [0, 0.05) is 37.7 Å². The topological polar surface area (TPSA) is 71.5 Å². The summed E-state index contributed by atoms with van der Waals surface area (Å²) in [5.41, 5.74) is 0.549. The van der Waals surface area contributed by atoms with Gasteiger partial charge in [-0.25, -0.2) is 4.98 Å². The Morgan fingerprint density at radius 2 is 1.88 bits per heavy atom. The number of amides is 2. The number of ether oxygens (including phenoxy) is 1. The molecule has 1 aliphatic rings. The van der Waals surface area contributed by atoms with Crippen molar-refractivity contribution in [1.29, 1.82) is 0 Å². The van der Waals surface area contributed by atoms with Gasteiger partial charge >= 0.3 is 0 Å². The van der Waals surface area contributed by atoms with Gasteiger partial charge in [0.2, 0.25) is 11.8 Å². The third kappa shape index (κ3) is 4.82. The largest absolute Gasteiger partial charge is 0.473 e. The molecule has 0 atom stereocenters. The lowest BCUT2D eigenvalue weighted by Crippen LogP contribution is -2.46. The van der Waals surface area contributed by atoms with Gasteiger partial charge in [-0.15, -0.1) is 0 Å². The Bertz CT molecular complexity index is 762. The molecule has 136 valence electrons. The Morgan fingerprint density at radius 3 is 2.58 bits per heavy atom. The summed E-state index contributed by atoms with van der Waals surface area (Å²) in [6.45, 7) is 1.22. The minimum absolute atomic E-state index is 0.00500. The van der Waals surface area contributed by atoms with Crippen molar-refractivity contribution in [2.45, 2.75) is 18.9 Å². The number of hydrogen-bond donors (Lipinski definition) is 1. The Morgan fingerprint density at radius 1 is 1.15 bits per heavy atom. The molecule has 0 spiro atoms. The first kappa shape index (κ1) is 18.4. The molecule has 26 heavy (non-hydrogen) atoms. The minimum Gasteiger partial charge on any atom is -0.473 e. The fourth-order valence-corrected chi connectivity index (χ4v) is 3.15. The maximum atomic E-state index is 12.3. The lowest BCUT2D eigenvalue weighted by atomic mass is 10.1. The van der Waals surface area contributed by atoms with E-state index < -0.39 is 0 Å². The van der Waals surface area contributed by atoms with Gasteiger partial charge in [0.15, 0.2) is 0 Å². The van der Waals surface area contributed by atoms with E-state index in [1.165, 1.54) is 0 Å². The highest BCUT2D eigenvalue weighted by Gasteiger charge is 2.24. The second kappa shape index (κ2) is 8.80. The summed E-state index contributed by atoms with van der Waals surface area (Å²) in [4.78, 5) is 30.3. The number of likely N-dealkylation sites (tertiary alicyclic amines) is 1. The smallest absolute Gasteiger partial charge is 0.251 e. The van der Waals surface area contributed by atoms with Crippen molar-refractivity contribution >= 4 is 27.7 Å². The third-order valence-electron chi connectivity index (χ3n) is 4.23. The van der Waals surface area contributed by atoms with Crippen LogP contribution < -0.4 is 10.1 Å². The van der Waals surface area contributed by atoms with Crippen LogP contribution in [0, 0.1) is 0 Å². The molecule has 0 unspecified atom stereocenters. The number of carbonyl (C=O) groups excluding carboxylic acids is 2. The van der Waals surface area contributed by atoms with E-state index in [-0.39, 0.29) is 24.5 Å². The Balaban J connectivity index is 1.43. The fraction of sp³-hybridized carbons (Fsp3) is 0.316. The predicted octanol–water partition coefficient (Wildman–Crippen LogP) is 2.64. The highest BCUT2D eigenvalue weighted by molar-refractivity contribution is 9.10. The van der Waals surface area contributed by atoms with Crippen LogP contribution in [0.4, 0.5) is 0 Å². The zero-order valence-corrected chi connectivity index (χ0v) is 15.8. The van der Waals surface area contributed by atoms with Gasteiger partial charge in [-0.05, 0) is 40.2 Å². The van der Waals surface area contributed by atoms with Crippen LogP contribution >= 0.6 is 15.9 Å². The summed E-state index contributed by atoms with van der Waals surface area (Å²) in [5.74, 6) is 0.260. The summed E-state index contributed by atoms with van der Waals surface area (Å²) < 4.78 is 6.73. The molecule has 2 aromatic rings. The number of rotatable bonds is 5. The molecule has 0 radical (unpaired) electrons. The first-order valence-corrected chi connectivity index (χ1v) is 9.31. The normalized spacial score (nSPS) is 14.7. The van der Waals surface area contributed by atoms with Crippen molar-refractivity contribution in [2.24, 2.45) is 0 Å². The number of benzene rings is 1. The van der Waals surface area contributed by atoms with Crippen LogP contribution in [0.1, 0.15) is 23.2 Å². The van der Waals surface area contributed by atoms with Crippen LogP contribution in [-0.2, 0) is 4.79 Å². The standard InChI is InChI=1S/C19H20BrN3O3/c20-16-7-4-10-21-19(16)26-15-8-11-23(12-9-15)17(24)13-22-18(25)14-5-2-1-3-6-14/h1-7,10,15H,8-9,11-13H2,(H,22,25). The summed E-state index contributed by atoms with van der Waals surface area (Å²) in [6, 6.07) is 12.6. The van der Waals surface area contributed by atoms with E-state index in [2.05, 4.69) is 26.2 Å². The zero-order valence-electron chi connectivity index (χ0n) is 14.2. The van der Waals surface area contributed by atoms with Crippen molar-refractivity contribution < 1.29 is 14.3 Å². The first-order chi connectivity index (χ1) is 12.6. The average molecular weight is 418 g/mol. The molecule has 0 aliphatic carbocycles. The highest BCUT2D eigenvalue weighted by Crippen LogP contribution is 2.24. The van der Waals surface area contributed by atoms with Gasteiger partial charge in [0.05, 0.1) is 11.0 Å². The Hall–Kier alpha value is -2.41. The molecule has 1 fully saturated rings. The second-order valence-electron chi connectivity index (χ2n) is 6.04. The maximum Gasteiger partial charge on any atom is 0.251 e. The monoisotopic (exact) mass is 417 g/mol. The van der Waals surface area contributed by atoms with Gasteiger partial charge in [-0.3, -0.25) is 9.59 Å². The highest BCUT2D eigenvalue weighted by atomic mass is 79.9. The van der Waals surface area contributed by atoms with E-state index in [4.69, 9.17) is 4.74 Å². The predicted molar refractivity (Wildman–Crippen MR) is 101 cm³/mol. The van der Waals surface area contributed by atoms with Crippen molar-refractivity contribution in [3.05, 3.63) is 58.7 Å². The summed E-state index contributed by atoms with van der Waals surface area (Å²) >= 11 is 3.42. The fourth-order valence-electron chi connectivity index (χ4n) is 2.80. The summed E-state index contributed by atoms with van der Waals surface area (Å²) in [6.07, 6.45) is 3.20. The molecule has 2 amide bonds. The second-order valence-corrected chi connectivity index (χ2v) is 6.89. The molecule has 3 rings (SSSR count). The number of carbonyl (C=O) groups is 2.